The van der Waals surface area contributed by atoms with Crippen LogP contribution in [0.3, 0.4) is 0 Å². The Morgan fingerprint density at radius 1 is 1.39 bits per heavy atom. The first-order valence-electron chi connectivity index (χ1n) is 5.35. The van der Waals surface area contributed by atoms with E-state index in [-0.39, 0.29) is 17.4 Å². The third-order valence-corrected chi connectivity index (χ3v) is 2.81. The maximum atomic E-state index is 12.2. The summed E-state index contributed by atoms with van der Waals surface area (Å²) >= 11 is 5.58. The summed E-state index contributed by atoms with van der Waals surface area (Å²) in [5.41, 5.74) is -1.25. The fourth-order valence-electron chi connectivity index (χ4n) is 1.48. The van der Waals surface area contributed by atoms with Gasteiger partial charge in [0.25, 0.3) is 5.91 Å². The molecule has 0 aliphatic rings. The van der Waals surface area contributed by atoms with Gasteiger partial charge in [0.05, 0.1) is 0 Å². The van der Waals surface area contributed by atoms with Crippen LogP contribution >= 0.6 is 11.6 Å². The number of likely N-dealkylation sites (N-methyl/N-ethyl adjacent to an activating group) is 1. The normalized spacial score (nSPS) is 11.1. The first-order chi connectivity index (χ1) is 8.30. The number of halogens is 1. The van der Waals surface area contributed by atoms with Crippen molar-refractivity contribution < 1.29 is 14.7 Å². The molecule has 1 aromatic rings. The summed E-state index contributed by atoms with van der Waals surface area (Å²) in [6.45, 7) is 4.87. The highest BCUT2D eigenvalue weighted by Gasteiger charge is 2.37. The van der Waals surface area contributed by atoms with Crippen LogP contribution < -0.4 is 0 Å². The summed E-state index contributed by atoms with van der Waals surface area (Å²) < 4.78 is 0. The van der Waals surface area contributed by atoms with E-state index in [0.717, 1.165) is 0 Å². The molecule has 0 atom stereocenters. The molecule has 0 bridgehead atoms. The molecule has 0 aromatic carbocycles. The summed E-state index contributed by atoms with van der Waals surface area (Å²) in [4.78, 5) is 24.5. The third kappa shape index (κ3) is 2.76. The number of nitrogens with zero attached hydrogens (tertiary/aromatic N) is 3. The number of hydrogen-bond donors (Lipinski definition) is 1. The van der Waals surface area contributed by atoms with Gasteiger partial charge < -0.3 is 10.0 Å². The number of carbonyl (C=O) groups is 2. The van der Waals surface area contributed by atoms with Gasteiger partial charge in [-0.15, -0.1) is 10.2 Å². The van der Waals surface area contributed by atoms with E-state index in [0.29, 0.717) is 0 Å². The van der Waals surface area contributed by atoms with Crippen LogP contribution in [0.5, 0.6) is 0 Å². The standard InChI is InChI=1S/C11H14ClN3O3/c1-4-15(11(2,3)10(17)18)9(16)7-5-6-8(12)14-13-7/h5-6H,4H2,1-3H3,(H,17,18). The number of rotatable bonds is 4. The van der Waals surface area contributed by atoms with Crippen molar-refractivity contribution in [2.45, 2.75) is 26.3 Å². The fraction of sp³-hybridized carbons (Fsp3) is 0.455. The van der Waals surface area contributed by atoms with E-state index >= 15 is 0 Å². The van der Waals surface area contributed by atoms with Crippen molar-refractivity contribution in [1.82, 2.24) is 15.1 Å². The Balaban J connectivity index is 3.07. The molecule has 1 amide bonds. The van der Waals surface area contributed by atoms with E-state index in [1.165, 1.54) is 30.9 Å². The van der Waals surface area contributed by atoms with Crippen LogP contribution in [0.4, 0.5) is 0 Å². The molecule has 1 N–H and O–H groups in total. The third-order valence-electron chi connectivity index (χ3n) is 2.61. The van der Waals surface area contributed by atoms with Crippen LogP contribution in [0, 0.1) is 0 Å². The zero-order valence-corrected chi connectivity index (χ0v) is 11.1. The number of amides is 1. The van der Waals surface area contributed by atoms with Crippen molar-refractivity contribution in [3.05, 3.63) is 23.0 Å². The van der Waals surface area contributed by atoms with Gasteiger partial charge >= 0.3 is 5.97 Å². The van der Waals surface area contributed by atoms with Gasteiger partial charge in [-0.1, -0.05) is 11.6 Å². The molecule has 0 unspecified atom stereocenters. The predicted octanol–water partition coefficient (Wildman–Crippen LogP) is 1.46. The Hall–Kier alpha value is -1.69. The summed E-state index contributed by atoms with van der Waals surface area (Å²) in [6, 6.07) is 2.85. The maximum Gasteiger partial charge on any atom is 0.329 e. The van der Waals surface area contributed by atoms with Crippen molar-refractivity contribution >= 4 is 23.5 Å². The predicted molar refractivity (Wildman–Crippen MR) is 65.5 cm³/mol. The Morgan fingerprint density at radius 2 is 2.00 bits per heavy atom. The molecule has 6 nitrogen and oxygen atoms in total. The lowest BCUT2D eigenvalue weighted by Crippen LogP contribution is -2.53. The minimum absolute atomic E-state index is 0.0653. The Kier molecular flexibility index (Phi) is 4.24. The molecule has 0 fully saturated rings. The Labute approximate surface area is 110 Å². The molecule has 0 spiro atoms. The number of hydrogen-bond acceptors (Lipinski definition) is 4. The molecular weight excluding hydrogens is 258 g/mol. The van der Waals surface area contributed by atoms with Crippen LogP contribution in [0.2, 0.25) is 5.15 Å². The van der Waals surface area contributed by atoms with Crippen molar-refractivity contribution in [2.24, 2.45) is 0 Å². The van der Waals surface area contributed by atoms with Crippen molar-refractivity contribution in [1.29, 1.82) is 0 Å². The largest absolute Gasteiger partial charge is 0.480 e. The van der Waals surface area contributed by atoms with Crippen molar-refractivity contribution in [3.63, 3.8) is 0 Å². The topological polar surface area (TPSA) is 83.4 Å². The van der Waals surface area contributed by atoms with Gasteiger partial charge in [-0.25, -0.2) is 4.79 Å². The van der Waals surface area contributed by atoms with E-state index in [4.69, 9.17) is 16.7 Å². The van der Waals surface area contributed by atoms with Crippen LogP contribution in [-0.2, 0) is 4.79 Å². The molecule has 0 aliphatic heterocycles. The van der Waals surface area contributed by atoms with Crippen LogP contribution in [0.25, 0.3) is 0 Å². The smallest absolute Gasteiger partial charge is 0.329 e. The van der Waals surface area contributed by atoms with Gasteiger partial charge in [0.15, 0.2) is 10.8 Å². The van der Waals surface area contributed by atoms with E-state index in [9.17, 15) is 9.59 Å². The molecule has 18 heavy (non-hydrogen) atoms. The zero-order chi connectivity index (χ0) is 13.9. The lowest BCUT2D eigenvalue weighted by molar-refractivity contribution is -0.147. The van der Waals surface area contributed by atoms with E-state index < -0.39 is 17.4 Å². The fourth-order valence-corrected chi connectivity index (χ4v) is 1.58. The van der Waals surface area contributed by atoms with E-state index in [1.807, 2.05) is 0 Å². The second kappa shape index (κ2) is 5.30. The average Bonchev–Trinajstić information content (AvgIpc) is 2.30. The van der Waals surface area contributed by atoms with Crippen LogP contribution in [-0.4, -0.2) is 44.2 Å². The van der Waals surface area contributed by atoms with E-state index in [1.54, 1.807) is 6.92 Å². The molecule has 0 aliphatic carbocycles. The summed E-state index contributed by atoms with van der Waals surface area (Å²) in [7, 11) is 0. The monoisotopic (exact) mass is 271 g/mol. The van der Waals surface area contributed by atoms with Gasteiger partial charge in [-0.3, -0.25) is 4.79 Å². The van der Waals surface area contributed by atoms with Gasteiger partial charge in [0.1, 0.15) is 5.54 Å². The molecule has 0 saturated heterocycles. The molecule has 0 saturated carbocycles. The number of aliphatic carboxylic acids is 1. The first-order valence-corrected chi connectivity index (χ1v) is 5.73. The average molecular weight is 272 g/mol. The number of carboxylic acids is 1. The maximum absolute atomic E-state index is 12.2. The van der Waals surface area contributed by atoms with Gasteiger partial charge in [-0.05, 0) is 32.9 Å². The second-order valence-corrected chi connectivity index (χ2v) is 4.54. The minimum Gasteiger partial charge on any atom is -0.480 e. The van der Waals surface area contributed by atoms with E-state index in [2.05, 4.69) is 10.2 Å². The molecule has 1 aromatic heterocycles. The molecule has 7 heteroatoms. The van der Waals surface area contributed by atoms with Gasteiger partial charge in [-0.2, -0.15) is 0 Å². The summed E-state index contributed by atoms with van der Waals surface area (Å²) in [6.07, 6.45) is 0. The highest BCUT2D eigenvalue weighted by molar-refractivity contribution is 6.29. The quantitative estimate of drug-likeness (QED) is 0.896. The molecule has 0 radical (unpaired) electrons. The molecule has 98 valence electrons. The lowest BCUT2D eigenvalue weighted by atomic mass is 10.0. The second-order valence-electron chi connectivity index (χ2n) is 4.15. The molecule has 1 heterocycles. The number of aromatic nitrogens is 2. The van der Waals surface area contributed by atoms with Gasteiger partial charge in [0, 0.05) is 6.54 Å². The zero-order valence-electron chi connectivity index (χ0n) is 10.3. The lowest BCUT2D eigenvalue weighted by Gasteiger charge is -2.33. The Morgan fingerprint density at radius 3 is 2.39 bits per heavy atom. The number of carboxylic acid groups (broad SMARTS) is 1. The molecular formula is C11H14ClN3O3. The highest BCUT2D eigenvalue weighted by Crippen LogP contribution is 2.17. The van der Waals surface area contributed by atoms with Crippen molar-refractivity contribution in [2.75, 3.05) is 6.54 Å². The molecule has 1 rings (SSSR count). The van der Waals surface area contributed by atoms with Crippen molar-refractivity contribution in [3.8, 4) is 0 Å². The Bertz CT molecular complexity index is 459. The summed E-state index contributed by atoms with van der Waals surface area (Å²) in [5.74, 6) is -1.58. The van der Waals surface area contributed by atoms with Gasteiger partial charge in [0.2, 0.25) is 0 Å². The SMILES string of the molecule is CCN(C(=O)c1ccc(Cl)nn1)C(C)(C)C(=O)O. The summed E-state index contributed by atoms with van der Waals surface area (Å²) in [5, 5.41) is 16.5. The van der Waals surface area contributed by atoms with Crippen LogP contribution in [0.15, 0.2) is 12.1 Å². The number of carbonyl (C=O) groups excluding carboxylic acids is 1. The highest BCUT2D eigenvalue weighted by atomic mass is 35.5. The minimum atomic E-state index is -1.31. The first kappa shape index (κ1) is 14.4. The van der Waals surface area contributed by atoms with Crippen LogP contribution in [0.1, 0.15) is 31.3 Å².